The SMILES string of the molecule is CCn1nnc(/N=N/c2nnn(CC)n2)n1. The third-order valence-corrected chi connectivity index (χ3v) is 1.68. The van der Waals surface area contributed by atoms with Crippen LogP contribution in [0.5, 0.6) is 0 Å². The maximum atomic E-state index is 3.92. The molecule has 0 fully saturated rings. The van der Waals surface area contributed by atoms with Gasteiger partial charge < -0.3 is 0 Å². The highest BCUT2D eigenvalue weighted by atomic mass is 15.6. The zero-order valence-electron chi connectivity index (χ0n) is 8.89. The minimum Gasteiger partial charge on any atom is -0.162 e. The summed E-state index contributed by atoms with van der Waals surface area (Å²) in [5, 5.41) is 30.1. The van der Waals surface area contributed by atoms with Crippen LogP contribution in [-0.2, 0) is 13.1 Å². The van der Waals surface area contributed by atoms with Gasteiger partial charge in [0.15, 0.2) is 0 Å². The largest absolute Gasteiger partial charge is 0.307 e. The van der Waals surface area contributed by atoms with Gasteiger partial charge in [0, 0.05) is 0 Å². The van der Waals surface area contributed by atoms with Crippen LogP contribution in [0.25, 0.3) is 0 Å². The van der Waals surface area contributed by atoms with E-state index in [-0.39, 0.29) is 11.9 Å². The van der Waals surface area contributed by atoms with Crippen LogP contribution in [-0.4, -0.2) is 40.4 Å². The van der Waals surface area contributed by atoms with Crippen molar-refractivity contribution >= 4 is 11.9 Å². The van der Waals surface area contributed by atoms with Crippen molar-refractivity contribution in [2.24, 2.45) is 10.2 Å². The zero-order chi connectivity index (χ0) is 11.4. The summed E-state index contributed by atoms with van der Waals surface area (Å²) < 4.78 is 0. The van der Waals surface area contributed by atoms with Crippen LogP contribution in [0.2, 0.25) is 0 Å². The molecule has 0 aliphatic carbocycles. The molecule has 0 amide bonds. The van der Waals surface area contributed by atoms with E-state index >= 15 is 0 Å². The Balaban J connectivity index is 2.08. The fraction of sp³-hybridized carbons (Fsp3) is 0.667. The topological polar surface area (TPSA) is 112 Å². The smallest absolute Gasteiger partial charge is 0.162 e. The molecule has 0 aromatic carbocycles. The van der Waals surface area contributed by atoms with Crippen molar-refractivity contribution in [1.82, 2.24) is 40.4 Å². The molecule has 0 N–H and O–H groups in total. The van der Waals surface area contributed by atoms with Crippen molar-refractivity contribution in [3.05, 3.63) is 0 Å². The second-order valence-electron chi connectivity index (χ2n) is 2.76. The predicted octanol–water partition coefficient (Wildman–Crippen LogP) is 0.115. The van der Waals surface area contributed by atoms with Crippen molar-refractivity contribution in [3.63, 3.8) is 0 Å². The number of azo groups is 1. The molecule has 2 heterocycles. The second-order valence-corrected chi connectivity index (χ2v) is 2.76. The van der Waals surface area contributed by atoms with E-state index in [2.05, 4.69) is 41.0 Å². The van der Waals surface area contributed by atoms with Crippen LogP contribution in [0.15, 0.2) is 10.2 Å². The maximum absolute atomic E-state index is 3.92. The molecule has 16 heavy (non-hydrogen) atoms. The molecule has 10 nitrogen and oxygen atoms in total. The first-order valence-electron chi connectivity index (χ1n) is 4.79. The Hall–Kier alpha value is -2.26. The average molecular weight is 222 g/mol. The summed E-state index contributed by atoms with van der Waals surface area (Å²) in [5.41, 5.74) is 0. The van der Waals surface area contributed by atoms with Gasteiger partial charge in [-0.3, -0.25) is 0 Å². The van der Waals surface area contributed by atoms with Gasteiger partial charge in [-0.25, -0.2) is 0 Å². The average Bonchev–Trinajstić information content (AvgIpc) is 2.95. The van der Waals surface area contributed by atoms with Gasteiger partial charge in [-0.15, -0.1) is 20.4 Å². The molecule has 0 atom stereocenters. The minimum absolute atomic E-state index is 0.176. The molecular formula is C6H10N10. The van der Waals surface area contributed by atoms with Gasteiger partial charge >= 0.3 is 11.9 Å². The summed E-state index contributed by atoms with van der Waals surface area (Å²) in [7, 11) is 0. The number of nitrogens with zero attached hydrogens (tertiary/aromatic N) is 10. The van der Waals surface area contributed by atoms with Crippen LogP contribution in [0, 0.1) is 0 Å². The molecule has 0 aliphatic rings. The van der Waals surface area contributed by atoms with Crippen molar-refractivity contribution in [2.75, 3.05) is 0 Å². The molecule has 84 valence electrons. The number of rotatable bonds is 4. The summed E-state index contributed by atoms with van der Waals surface area (Å²) in [6, 6.07) is 0. The highest BCUT2D eigenvalue weighted by molar-refractivity contribution is 5.11. The lowest BCUT2D eigenvalue weighted by Gasteiger charge is -1.84. The molecular weight excluding hydrogens is 212 g/mol. The second kappa shape index (κ2) is 4.51. The molecule has 2 aromatic heterocycles. The molecule has 2 aromatic rings. The molecule has 0 unspecified atom stereocenters. The molecule has 0 aliphatic heterocycles. The Bertz CT molecular complexity index is 437. The van der Waals surface area contributed by atoms with Crippen molar-refractivity contribution in [1.29, 1.82) is 0 Å². The normalized spacial score (nSPS) is 11.4. The summed E-state index contributed by atoms with van der Waals surface area (Å²) in [6.07, 6.45) is 0. The summed E-state index contributed by atoms with van der Waals surface area (Å²) >= 11 is 0. The lowest BCUT2D eigenvalue weighted by atomic mass is 10.8. The van der Waals surface area contributed by atoms with Gasteiger partial charge in [-0.05, 0) is 24.3 Å². The molecule has 0 saturated carbocycles. The quantitative estimate of drug-likeness (QED) is 0.679. The van der Waals surface area contributed by atoms with Crippen molar-refractivity contribution in [2.45, 2.75) is 26.9 Å². The third-order valence-electron chi connectivity index (χ3n) is 1.68. The summed E-state index contributed by atoms with van der Waals surface area (Å²) in [6.45, 7) is 5.06. The summed E-state index contributed by atoms with van der Waals surface area (Å²) in [4.78, 5) is 2.81. The molecule has 0 spiro atoms. The molecule has 0 bridgehead atoms. The third kappa shape index (κ3) is 2.21. The zero-order valence-corrected chi connectivity index (χ0v) is 8.89. The number of aryl methyl sites for hydroxylation is 2. The van der Waals surface area contributed by atoms with Gasteiger partial charge in [0.25, 0.3) is 0 Å². The predicted molar refractivity (Wildman–Crippen MR) is 51.2 cm³/mol. The van der Waals surface area contributed by atoms with Gasteiger partial charge in [0.05, 0.1) is 13.1 Å². The lowest BCUT2D eigenvalue weighted by Crippen LogP contribution is -1.97. The first-order chi connectivity index (χ1) is 7.81. The fourth-order valence-electron chi connectivity index (χ4n) is 0.907. The monoisotopic (exact) mass is 222 g/mol. The first kappa shape index (κ1) is 10.3. The fourth-order valence-corrected chi connectivity index (χ4v) is 0.907. The summed E-state index contributed by atoms with van der Waals surface area (Å²) in [5.74, 6) is 0.351. The number of hydrogen-bond acceptors (Lipinski definition) is 8. The van der Waals surface area contributed by atoms with E-state index in [4.69, 9.17) is 0 Å². The Morgan fingerprint density at radius 1 is 0.875 bits per heavy atom. The Morgan fingerprint density at radius 3 is 1.62 bits per heavy atom. The number of hydrogen-bond donors (Lipinski definition) is 0. The van der Waals surface area contributed by atoms with Crippen LogP contribution in [0.3, 0.4) is 0 Å². The van der Waals surface area contributed by atoms with E-state index in [1.165, 1.54) is 9.59 Å². The number of aromatic nitrogens is 8. The van der Waals surface area contributed by atoms with Gasteiger partial charge in [0.1, 0.15) is 0 Å². The van der Waals surface area contributed by atoms with Crippen molar-refractivity contribution < 1.29 is 0 Å². The first-order valence-corrected chi connectivity index (χ1v) is 4.79. The Labute approximate surface area is 90.4 Å². The van der Waals surface area contributed by atoms with E-state index in [1.807, 2.05) is 13.8 Å². The standard InChI is InChI=1S/C6H10N10/c1-3-15-11-5(9-13-15)7-8-6-10-14-16(4-2)12-6/h3-4H2,1-2H3/b8-7+. The van der Waals surface area contributed by atoms with Crippen LogP contribution in [0.4, 0.5) is 11.9 Å². The van der Waals surface area contributed by atoms with Gasteiger partial charge in [0.2, 0.25) is 0 Å². The van der Waals surface area contributed by atoms with Gasteiger partial charge in [-0.2, -0.15) is 9.59 Å². The van der Waals surface area contributed by atoms with E-state index in [0.717, 1.165) is 0 Å². The molecule has 0 saturated heterocycles. The Kier molecular flexibility index (Phi) is 2.89. The van der Waals surface area contributed by atoms with Gasteiger partial charge in [-0.1, -0.05) is 10.2 Å². The van der Waals surface area contributed by atoms with E-state index in [0.29, 0.717) is 13.1 Å². The van der Waals surface area contributed by atoms with Crippen molar-refractivity contribution in [3.8, 4) is 0 Å². The van der Waals surface area contributed by atoms with E-state index in [1.54, 1.807) is 0 Å². The Morgan fingerprint density at radius 2 is 1.31 bits per heavy atom. The lowest BCUT2D eigenvalue weighted by molar-refractivity contribution is 0.552. The highest BCUT2D eigenvalue weighted by Gasteiger charge is 2.01. The van der Waals surface area contributed by atoms with Crippen LogP contribution < -0.4 is 0 Å². The van der Waals surface area contributed by atoms with E-state index in [9.17, 15) is 0 Å². The van der Waals surface area contributed by atoms with Crippen LogP contribution in [0.1, 0.15) is 13.8 Å². The van der Waals surface area contributed by atoms with Crippen LogP contribution >= 0.6 is 0 Å². The molecule has 10 heteroatoms. The molecule has 0 radical (unpaired) electrons. The minimum atomic E-state index is 0.176. The number of tetrazole rings is 2. The van der Waals surface area contributed by atoms with E-state index < -0.39 is 0 Å². The maximum Gasteiger partial charge on any atom is 0.307 e. The molecule has 2 rings (SSSR count). The highest BCUT2D eigenvalue weighted by Crippen LogP contribution is 2.06.